The van der Waals surface area contributed by atoms with Gasteiger partial charge in [-0.1, -0.05) is 20.3 Å². The summed E-state index contributed by atoms with van der Waals surface area (Å²) in [6, 6.07) is 0. The van der Waals surface area contributed by atoms with Crippen LogP contribution in [0.3, 0.4) is 0 Å². The Kier molecular flexibility index (Phi) is 4.86. The second kappa shape index (κ2) is 6.21. The van der Waals surface area contributed by atoms with Crippen LogP contribution < -0.4 is 0 Å². The monoisotopic (exact) mass is 250 g/mol. The standard InChI is InChI=1S/C17H30O/c1-3-10-17(2)11-8-16(9-12-17)15-6-4-14(13-18)5-7-15/h13-16H,3-12H2,1-2H3. The first-order chi connectivity index (χ1) is 8.67. The molecule has 0 aromatic carbocycles. The van der Waals surface area contributed by atoms with E-state index in [4.69, 9.17) is 0 Å². The van der Waals surface area contributed by atoms with E-state index < -0.39 is 0 Å². The average Bonchev–Trinajstić information content (AvgIpc) is 2.40. The molecule has 0 bridgehead atoms. The molecular formula is C17H30O. The average molecular weight is 250 g/mol. The van der Waals surface area contributed by atoms with Crippen molar-refractivity contribution in [2.45, 2.75) is 78.1 Å². The minimum atomic E-state index is 0.384. The van der Waals surface area contributed by atoms with Crippen molar-refractivity contribution in [3.8, 4) is 0 Å². The van der Waals surface area contributed by atoms with Crippen LogP contribution in [0, 0.1) is 23.2 Å². The van der Waals surface area contributed by atoms with Crippen LogP contribution in [-0.4, -0.2) is 6.29 Å². The molecule has 18 heavy (non-hydrogen) atoms. The Morgan fingerprint density at radius 1 is 1.00 bits per heavy atom. The van der Waals surface area contributed by atoms with Gasteiger partial charge >= 0.3 is 0 Å². The number of hydrogen-bond donors (Lipinski definition) is 0. The zero-order valence-electron chi connectivity index (χ0n) is 12.3. The van der Waals surface area contributed by atoms with Crippen LogP contribution in [0.1, 0.15) is 78.1 Å². The number of rotatable bonds is 4. The van der Waals surface area contributed by atoms with E-state index in [1.54, 1.807) is 0 Å². The van der Waals surface area contributed by atoms with E-state index in [1.165, 1.54) is 57.7 Å². The molecule has 1 nitrogen and oxygen atoms in total. The van der Waals surface area contributed by atoms with Crippen molar-refractivity contribution in [1.29, 1.82) is 0 Å². The molecule has 2 fully saturated rings. The molecule has 0 spiro atoms. The van der Waals surface area contributed by atoms with Gasteiger partial charge in [0.15, 0.2) is 0 Å². The van der Waals surface area contributed by atoms with Gasteiger partial charge in [-0.3, -0.25) is 0 Å². The summed E-state index contributed by atoms with van der Waals surface area (Å²) >= 11 is 0. The molecule has 0 atom stereocenters. The predicted octanol–water partition coefficient (Wildman–Crippen LogP) is 4.99. The molecular weight excluding hydrogens is 220 g/mol. The van der Waals surface area contributed by atoms with Crippen molar-refractivity contribution in [2.24, 2.45) is 23.2 Å². The maximum Gasteiger partial charge on any atom is 0.123 e. The Morgan fingerprint density at radius 2 is 1.56 bits per heavy atom. The third-order valence-corrected chi connectivity index (χ3v) is 5.77. The van der Waals surface area contributed by atoms with Gasteiger partial charge in [-0.2, -0.15) is 0 Å². The fraction of sp³-hybridized carbons (Fsp3) is 0.941. The van der Waals surface area contributed by atoms with Gasteiger partial charge in [0.1, 0.15) is 6.29 Å². The maximum absolute atomic E-state index is 10.8. The van der Waals surface area contributed by atoms with Crippen molar-refractivity contribution < 1.29 is 4.79 Å². The lowest BCUT2D eigenvalue weighted by Crippen LogP contribution is -2.30. The first-order valence-electron chi connectivity index (χ1n) is 8.12. The van der Waals surface area contributed by atoms with Gasteiger partial charge in [-0.25, -0.2) is 0 Å². The molecule has 0 aromatic heterocycles. The molecule has 0 unspecified atom stereocenters. The summed E-state index contributed by atoms with van der Waals surface area (Å²) in [7, 11) is 0. The van der Waals surface area contributed by atoms with Crippen LogP contribution in [0.25, 0.3) is 0 Å². The molecule has 2 aliphatic rings. The largest absolute Gasteiger partial charge is 0.303 e. The molecule has 1 heteroatoms. The second-order valence-corrected chi connectivity index (χ2v) is 7.21. The highest BCUT2D eigenvalue weighted by Gasteiger charge is 2.34. The van der Waals surface area contributed by atoms with Gasteiger partial charge in [0, 0.05) is 5.92 Å². The second-order valence-electron chi connectivity index (χ2n) is 7.21. The number of carbonyl (C=O) groups excluding carboxylic acids is 1. The van der Waals surface area contributed by atoms with Crippen molar-refractivity contribution >= 4 is 6.29 Å². The molecule has 2 aliphatic carbocycles. The van der Waals surface area contributed by atoms with Crippen LogP contribution in [0.2, 0.25) is 0 Å². The third-order valence-electron chi connectivity index (χ3n) is 5.77. The number of aldehydes is 1. The zero-order chi connectivity index (χ0) is 13.0. The summed E-state index contributed by atoms with van der Waals surface area (Å²) in [4.78, 5) is 10.8. The van der Waals surface area contributed by atoms with Gasteiger partial charge in [0.05, 0.1) is 0 Å². The van der Waals surface area contributed by atoms with Crippen molar-refractivity contribution in [2.75, 3.05) is 0 Å². The minimum absolute atomic E-state index is 0.384. The topological polar surface area (TPSA) is 17.1 Å². The summed E-state index contributed by atoms with van der Waals surface area (Å²) in [5, 5.41) is 0. The van der Waals surface area contributed by atoms with Gasteiger partial charge in [0.2, 0.25) is 0 Å². The Hall–Kier alpha value is -0.330. The summed E-state index contributed by atoms with van der Waals surface area (Å²) in [6.45, 7) is 4.81. The van der Waals surface area contributed by atoms with Crippen LogP contribution in [-0.2, 0) is 4.79 Å². The molecule has 0 radical (unpaired) electrons. The zero-order valence-corrected chi connectivity index (χ0v) is 12.3. The van der Waals surface area contributed by atoms with E-state index in [0.29, 0.717) is 11.3 Å². The quantitative estimate of drug-likeness (QED) is 0.642. The minimum Gasteiger partial charge on any atom is -0.303 e. The van der Waals surface area contributed by atoms with E-state index in [9.17, 15) is 4.79 Å². The van der Waals surface area contributed by atoms with Crippen molar-refractivity contribution in [1.82, 2.24) is 0 Å². The van der Waals surface area contributed by atoms with E-state index in [0.717, 1.165) is 24.7 Å². The van der Waals surface area contributed by atoms with Crippen LogP contribution in [0.4, 0.5) is 0 Å². The highest BCUT2D eigenvalue weighted by atomic mass is 16.1. The first kappa shape index (κ1) is 14.1. The van der Waals surface area contributed by atoms with E-state index in [1.807, 2.05) is 0 Å². The summed E-state index contributed by atoms with van der Waals surface area (Å²) in [5.41, 5.74) is 0.644. The Bertz CT molecular complexity index is 255. The molecule has 0 aromatic rings. The smallest absolute Gasteiger partial charge is 0.123 e. The molecule has 0 aliphatic heterocycles. The summed E-state index contributed by atoms with van der Waals surface area (Å²) in [5.74, 6) is 2.30. The van der Waals surface area contributed by atoms with E-state index in [2.05, 4.69) is 13.8 Å². The van der Waals surface area contributed by atoms with Gasteiger partial charge in [-0.05, 0) is 75.0 Å². The van der Waals surface area contributed by atoms with Gasteiger partial charge in [-0.15, -0.1) is 0 Å². The summed E-state index contributed by atoms with van der Waals surface area (Å²) in [6.07, 6.45) is 14.7. The fourth-order valence-corrected chi connectivity index (χ4v) is 4.41. The Morgan fingerprint density at radius 3 is 2.06 bits per heavy atom. The lowest BCUT2D eigenvalue weighted by Gasteiger charge is -2.41. The molecule has 0 N–H and O–H groups in total. The number of carbonyl (C=O) groups is 1. The van der Waals surface area contributed by atoms with E-state index >= 15 is 0 Å². The predicted molar refractivity (Wildman–Crippen MR) is 76.5 cm³/mol. The highest BCUT2D eigenvalue weighted by Crippen LogP contribution is 2.47. The lowest BCUT2D eigenvalue weighted by atomic mass is 9.64. The molecule has 2 saturated carbocycles. The molecule has 2 rings (SSSR count). The first-order valence-corrected chi connectivity index (χ1v) is 8.12. The van der Waals surface area contributed by atoms with Crippen molar-refractivity contribution in [3.63, 3.8) is 0 Å². The van der Waals surface area contributed by atoms with Gasteiger partial charge < -0.3 is 4.79 Å². The molecule has 0 saturated heterocycles. The highest BCUT2D eigenvalue weighted by molar-refractivity contribution is 5.53. The maximum atomic E-state index is 10.8. The van der Waals surface area contributed by atoms with Crippen LogP contribution in [0.5, 0.6) is 0 Å². The molecule has 104 valence electrons. The lowest BCUT2D eigenvalue weighted by molar-refractivity contribution is -0.112. The fourth-order valence-electron chi connectivity index (χ4n) is 4.41. The third kappa shape index (κ3) is 3.36. The SMILES string of the molecule is CCCC1(C)CCC(C2CCC(C=O)CC2)CC1. The Balaban J connectivity index is 1.78. The van der Waals surface area contributed by atoms with E-state index in [-0.39, 0.29) is 0 Å². The van der Waals surface area contributed by atoms with Gasteiger partial charge in [0.25, 0.3) is 0 Å². The molecule has 0 heterocycles. The number of hydrogen-bond acceptors (Lipinski definition) is 1. The molecule has 0 amide bonds. The Labute approximate surface area is 113 Å². The van der Waals surface area contributed by atoms with Crippen LogP contribution >= 0.6 is 0 Å². The van der Waals surface area contributed by atoms with Crippen molar-refractivity contribution in [3.05, 3.63) is 0 Å². The normalized spacial score (nSPS) is 41.6. The van der Waals surface area contributed by atoms with Crippen LogP contribution in [0.15, 0.2) is 0 Å². The summed E-state index contributed by atoms with van der Waals surface area (Å²) < 4.78 is 0.